The van der Waals surface area contributed by atoms with Crippen molar-refractivity contribution in [2.75, 3.05) is 7.11 Å². The molecule has 0 atom stereocenters. The highest BCUT2D eigenvalue weighted by Gasteiger charge is 2.11. The van der Waals surface area contributed by atoms with E-state index in [4.69, 9.17) is 9.47 Å². The Hall–Kier alpha value is -4.11. The third kappa shape index (κ3) is 6.18. The number of nitrogens with zero attached hydrogens (tertiary/aromatic N) is 1. The molecule has 0 aliphatic carbocycles. The number of methoxy groups -OCH3 is 1. The number of carbonyl (C=O) groups is 1. The van der Waals surface area contributed by atoms with E-state index in [1.807, 2.05) is 18.2 Å². The molecule has 0 aliphatic rings. The van der Waals surface area contributed by atoms with E-state index in [1.54, 1.807) is 55.6 Å². The molecule has 1 amide bonds. The van der Waals surface area contributed by atoms with Crippen molar-refractivity contribution in [1.82, 2.24) is 5.32 Å². The van der Waals surface area contributed by atoms with Gasteiger partial charge >= 0.3 is 0 Å². The van der Waals surface area contributed by atoms with E-state index in [9.17, 15) is 14.4 Å². The van der Waals surface area contributed by atoms with Gasteiger partial charge < -0.3 is 14.8 Å². The molecular formula is C25H21FN2O3. The number of nitrogens with one attached hydrogen (secondary N) is 1. The molecule has 0 saturated carbocycles. The number of hydrogen-bond donors (Lipinski definition) is 1. The van der Waals surface area contributed by atoms with E-state index in [2.05, 4.69) is 5.32 Å². The first-order valence-electron chi connectivity index (χ1n) is 9.58. The molecule has 3 aromatic carbocycles. The summed E-state index contributed by atoms with van der Waals surface area (Å²) in [5.41, 5.74) is 2.09. The van der Waals surface area contributed by atoms with Crippen LogP contribution in [0.4, 0.5) is 4.39 Å². The fourth-order valence-corrected chi connectivity index (χ4v) is 2.84. The molecule has 0 bridgehead atoms. The highest BCUT2D eigenvalue weighted by atomic mass is 19.1. The van der Waals surface area contributed by atoms with Crippen molar-refractivity contribution in [3.05, 3.63) is 101 Å². The fraction of sp³-hybridized carbons (Fsp3) is 0.120. The number of nitriles is 1. The van der Waals surface area contributed by atoms with Crippen LogP contribution in [0.5, 0.6) is 11.5 Å². The van der Waals surface area contributed by atoms with Crippen molar-refractivity contribution in [2.24, 2.45) is 0 Å². The van der Waals surface area contributed by atoms with Crippen molar-refractivity contribution >= 4 is 12.0 Å². The van der Waals surface area contributed by atoms with Gasteiger partial charge in [-0.05, 0) is 47.5 Å². The number of carbonyl (C=O) groups excluding carboxylic acids is 1. The third-order valence-electron chi connectivity index (χ3n) is 4.48. The van der Waals surface area contributed by atoms with Gasteiger partial charge in [0.15, 0.2) is 0 Å². The minimum absolute atomic E-state index is 0.0460. The van der Waals surface area contributed by atoms with E-state index < -0.39 is 5.91 Å². The Balaban J connectivity index is 1.69. The maximum Gasteiger partial charge on any atom is 0.262 e. The molecule has 6 heteroatoms. The normalized spacial score (nSPS) is 10.8. The minimum Gasteiger partial charge on any atom is -0.497 e. The first kappa shape index (κ1) is 21.6. The average Bonchev–Trinajstić information content (AvgIpc) is 2.80. The van der Waals surface area contributed by atoms with Gasteiger partial charge in [-0.3, -0.25) is 4.79 Å². The highest BCUT2D eigenvalue weighted by Crippen LogP contribution is 2.22. The molecule has 0 spiro atoms. The van der Waals surface area contributed by atoms with Gasteiger partial charge in [0, 0.05) is 12.1 Å². The number of rotatable bonds is 8. The van der Waals surface area contributed by atoms with Gasteiger partial charge in [0.1, 0.15) is 35.6 Å². The Morgan fingerprint density at radius 2 is 1.84 bits per heavy atom. The van der Waals surface area contributed by atoms with Crippen LogP contribution in [0.2, 0.25) is 0 Å². The monoisotopic (exact) mass is 416 g/mol. The lowest BCUT2D eigenvalue weighted by atomic mass is 10.1. The molecule has 0 heterocycles. The quantitative estimate of drug-likeness (QED) is 0.429. The second-order valence-electron chi connectivity index (χ2n) is 6.66. The largest absolute Gasteiger partial charge is 0.497 e. The zero-order chi connectivity index (χ0) is 22.1. The number of para-hydroxylation sites is 1. The van der Waals surface area contributed by atoms with Crippen LogP contribution in [0.3, 0.4) is 0 Å². The molecule has 0 fully saturated rings. The molecule has 31 heavy (non-hydrogen) atoms. The van der Waals surface area contributed by atoms with Gasteiger partial charge in [0.25, 0.3) is 5.91 Å². The summed E-state index contributed by atoms with van der Waals surface area (Å²) in [6.07, 6.45) is 1.48. The topological polar surface area (TPSA) is 71.3 Å². The van der Waals surface area contributed by atoms with Crippen LogP contribution in [0, 0.1) is 17.1 Å². The van der Waals surface area contributed by atoms with Crippen LogP contribution < -0.4 is 14.8 Å². The molecule has 156 valence electrons. The Kier molecular flexibility index (Phi) is 7.39. The van der Waals surface area contributed by atoms with E-state index in [-0.39, 0.29) is 24.5 Å². The maximum atomic E-state index is 13.4. The van der Waals surface area contributed by atoms with Gasteiger partial charge in [-0.15, -0.1) is 0 Å². The number of hydrogen-bond acceptors (Lipinski definition) is 4. The summed E-state index contributed by atoms with van der Waals surface area (Å²) in [6, 6.07) is 22.4. The van der Waals surface area contributed by atoms with Crippen molar-refractivity contribution < 1.29 is 18.7 Å². The minimum atomic E-state index is -0.488. The van der Waals surface area contributed by atoms with E-state index in [0.29, 0.717) is 16.9 Å². The number of halogens is 1. The second kappa shape index (κ2) is 10.6. The predicted molar refractivity (Wildman–Crippen MR) is 116 cm³/mol. The summed E-state index contributed by atoms with van der Waals surface area (Å²) in [7, 11) is 1.58. The molecule has 1 N–H and O–H groups in total. The summed E-state index contributed by atoms with van der Waals surface area (Å²) in [4.78, 5) is 12.5. The SMILES string of the molecule is COc1ccc(CNC(=O)/C(C#N)=C\c2ccccc2OCc2cccc(F)c2)cc1. The van der Waals surface area contributed by atoms with Crippen LogP contribution in [-0.2, 0) is 17.9 Å². The van der Waals surface area contributed by atoms with Crippen molar-refractivity contribution in [3.63, 3.8) is 0 Å². The first-order valence-corrected chi connectivity index (χ1v) is 9.58. The molecule has 0 aliphatic heterocycles. The van der Waals surface area contributed by atoms with Gasteiger partial charge in [-0.2, -0.15) is 5.26 Å². The van der Waals surface area contributed by atoms with Gasteiger partial charge in [0.05, 0.1) is 7.11 Å². The Labute approximate surface area is 180 Å². The molecule has 0 unspecified atom stereocenters. The molecule has 0 radical (unpaired) electrons. The van der Waals surface area contributed by atoms with Crippen molar-refractivity contribution in [2.45, 2.75) is 13.2 Å². The zero-order valence-corrected chi connectivity index (χ0v) is 17.0. The predicted octanol–water partition coefficient (Wildman–Crippen LogP) is 4.64. The standard InChI is InChI=1S/C25H21FN2O3/c1-30-23-11-9-18(10-12-23)16-28-25(29)21(15-27)14-20-6-2-3-8-24(20)31-17-19-5-4-7-22(26)13-19/h2-14H,16-17H2,1H3,(H,28,29)/b21-14-. The summed E-state index contributed by atoms with van der Waals surface area (Å²) in [5, 5.41) is 12.2. The maximum absolute atomic E-state index is 13.4. The van der Waals surface area contributed by atoms with Gasteiger partial charge in [-0.1, -0.05) is 42.5 Å². The first-order chi connectivity index (χ1) is 15.1. The second-order valence-corrected chi connectivity index (χ2v) is 6.66. The molecule has 3 aromatic rings. The lowest BCUT2D eigenvalue weighted by Gasteiger charge is -2.10. The lowest BCUT2D eigenvalue weighted by molar-refractivity contribution is -0.117. The molecule has 3 rings (SSSR count). The van der Waals surface area contributed by atoms with Crippen LogP contribution in [0.1, 0.15) is 16.7 Å². The fourth-order valence-electron chi connectivity index (χ4n) is 2.84. The average molecular weight is 416 g/mol. The number of ether oxygens (including phenoxy) is 2. The third-order valence-corrected chi connectivity index (χ3v) is 4.48. The van der Waals surface area contributed by atoms with Gasteiger partial charge in [0.2, 0.25) is 0 Å². The smallest absolute Gasteiger partial charge is 0.262 e. The van der Waals surface area contributed by atoms with Crippen LogP contribution in [0.25, 0.3) is 6.08 Å². The van der Waals surface area contributed by atoms with Crippen LogP contribution in [0.15, 0.2) is 78.4 Å². The van der Waals surface area contributed by atoms with Gasteiger partial charge in [-0.25, -0.2) is 4.39 Å². The van der Waals surface area contributed by atoms with E-state index in [1.165, 1.54) is 18.2 Å². The Morgan fingerprint density at radius 1 is 1.06 bits per heavy atom. The van der Waals surface area contributed by atoms with Crippen LogP contribution >= 0.6 is 0 Å². The molecule has 5 nitrogen and oxygen atoms in total. The summed E-state index contributed by atoms with van der Waals surface area (Å²) >= 11 is 0. The zero-order valence-electron chi connectivity index (χ0n) is 17.0. The molecule has 0 aromatic heterocycles. The van der Waals surface area contributed by atoms with E-state index >= 15 is 0 Å². The van der Waals surface area contributed by atoms with Crippen LogP contribution in [-0.4, -0.2) is 13.0 Å². The summed E-state index contributed by atoms with van der Waals surface area (Å²) in [5.74, 6) is 0.387. The number of benzene rings is 3. The molecule has 0 saturated heterocycles. The van der Waals surface area contributed by atoms with Crippen molar-refractivity contribution in [1.29, 1.82) is 5.26 Å². The lowest BCUT2D eigenvalue weighted by Crippen LogP contribution is -2.23. The number of amides is 1. The Bertz CT molecular complexity index is 1120. The molecular weight excluding hydrogens is 395 g/mol. The highest BCUT2D eigenvalue weighted by molar-refractivity contribution is 6.01. The Morgan fingerprint density at radius 3 is 2.55 bits per heavy atom. The van der Waals surface area contributed by atoms with Crippen molar-refractivity contribution in [3.8, 4) is 17.6 Å². The van der Waals surface area contributed by atoms with E-state index in [0.717, 1.165) is 11.3 Å². The summed E-state index contributed by atoms with van der Waals surface area (Å²) in [6.45, 7) is 0.438. The summed E-state index contributed by atoms with van der Waals surface area (Å²) < 4.78 is 24.3.